The lowest BCUT2D eigenvalue weighted by molar-refractivity contribution is 0.256. The van der Waals surface area contributed by atoms with Gasteiger partial charge in [-0.15, -0.1) is 0 Å². The fraction of sp³-hybridized carbons (Fsp3) is 0.571. The maximum Gasteiger partial charge on any atom is 0.240 e. The number of aryl methyl sites for hydroxylation is 1. The van der Waals surface area contributed by atoms with Gasteiger partial charge >= 0.3 is 0 Å². The van der Waals surface area contributed by atoms with E-state index in [-0.39, 0.29) is 4.90 Å². The molecule has 0 saturated carbocycles. The Morgan fingerprint density at radius 2 is 2.05 bits per heavy atom. The van der Waals surface area contributed by atoms with Gasteiger partial charge in [-0.1, -0.05) is 24.6 Å². The van der Waals surface area contributed by atoms with Crippen LogP contribution in [0.4, 0.5) is 0 Å². The Hall–Kier alpha value is -0.620. The molecular formula is C14H23ClN2O2S. The molecule has 0 aliphatic rings. The number of likely N-dealkylation sites (N-methyl/N-ethyl adjacent to an activating group) is 1. The minimum Gasteiger partial charge on any atom is -0.302 e. The van der Waals surface area contributed by atoms with E-state index >= 15 is 0 Å². The van der Waals surface area contributed by atoms with Crippen molar-refractivity contribution in [3.8, 4) is 0 Å². The predicted octanol–water partition coefficient (Wildman–Crippen LogP) is 2.66. The Morgan fingerprint density at radius 3 is 2.65 bits per heavy atom. The van der Waals surface area contributed by atoms with E-state index in [1.165, 1.54) is 6.07 Å². The highest BCUT2D eigenvalue weighted by Crippen LogP contribution is 2.19. The van der Waals surface area contributed by atoms with Crippen LogP contribution < -0.4 is 4.72 Å². The molecule has 1 aromatic rings. The van der Waals surface area contributed by atoms with Crippen LogP contribution in [0.15, 0.2) is 23.1 Å². The highest BCUT2D eigenvalue weighted by atomic mass is 35.5. The Kier molecular flexibility index (Phi) is 6.45. The van der Waals surface area contributed by atoms with Crippen molar-refractivity contribution in [2.75, 3.05) is 20.1 Å². The van der Waals surface area contributed by atoms with Gasteiger partial charge in [0.1, 0.15) is 0 Å². The van der Waals surface area contributed by atoms with E-state index in [4.69, 9.17) is 11.6 Å². The van der Waals surface area contributed by atoms with Crippen LogP contribution in [0.5, 0.6) is 0 Å². The number of halogens is 1. The predicted molar refractivity (Wildman–Crippen MR) is 83.8 cm³/mol. The van der Waals surface area contributed by atoms with Crippen molar-refractivity contribution in [3.63, 3.8) is 0 Å². The second kappa shape index (κ2) is 7.41. The van der Waals surface area contributed by atoms with Gasteiger partial charge in [0.25, 0.3) is 0 Å². The molecule has 0 saturated heterocycles. The van der Waals surface area contributed by atoms with Crippen LogP contribution in [-0.4, -0.2) is 39.5 Å². The first-order valence-corrected chi connectivity index (χ1v) is 8.60. The third-order valence-electron chi connectivity index (χ3n) is 3.54. The minimum atomic E-state index is -3.50. The van der Waals surface area contributed by atoms with Gasteiger partial charge in [-0.25, -0.2) is 13.1 Å². The number of nitrogens with one attached hydrogen (secondary N) is 1. The molecule has 0 aromatic heterocycles. The van der Waals surface area contributed by atoms with Gasteiger partial charge in [0, 0.05) is 24.2 Å². The van der Waals surface area contributed by atoms with E-state index in [2.05, 4.69) is 23.5 Å². The van der Waals surface area contributed by atoms with Crippen LogP contribution in [0, 0.1) is 6.92 Å². The van der Waals surface area contributed by atoms with Crippen molar-refractivity contribution in [1.82, 2.24) is 9.62 Å². The quantitative estimate of drug-likeness (QED) is 0.841. The third-order valence-corrected chi connectivity index (χ3v) is 5.38. The molecule has 0 heterocycles. The third kappa shape index (κ3) is 4.74. The fourth-order valence-corrected chi connectivity index (χ4v) is 3.36. The number of nitrogens with zero attached hydrogens (tertiary/aromatic N) is 1. The molecule has 6 heteroatoms. The topological polar surface area (TPSA) is 49.4 Å². The maximum atomic E-state index is 12.2. The van der Waals surface area contributed by atoms with Gasteiger partial charge in [0.2, 0.25) is 10.0 Å². The summed E-state index contributed by atoms with van der Waals surface area (Å²) in [7, 11) is -1.51. The monoisotopic (exact) mass is 318 g/mol. The molecule has 114 valence electrons. The van der Waals surface area contributed by atoms with E-state index in [1.54, 1.807) is 19.1 Å². The molecule has 0 radical (unpaired) electrons. The van der Waals surface area contributed by atoms with E-state index in [9.17, 15) is 8.42 Å². The molecule has 1 aromatic carbocycles. The normalized spacial score (nSPS) is 13.7. The second-order valence-corrected chi connectivity index (χ2v) is 7.22. The minimum absolute atomic E-state index is 0.246. The summed E-state index contributed by atoms with van der Waals surface area (Å²) in [6, 6.07) is 5.32. The van der Waals surface area contributed by atoms with E-state index in [0.717, 1.165) is 6.42 Å². The average Bonchev–Trinajstić information content (AvgIpc) is 2.40. The Morgan fingerprint density at radius 1 is 1.40 bits per heavy atom. The summed E-state index contributed by atoms with van der Waals surface area (Å²) in [5.74, 6) is 0. The van der Waals surface area contributed by atoms with Gasteiger partial charge in [-0.2, -0.15) is 0 Å². The zero-order valence-electron chi connectivity index (χ0n) is 12.5. The summed E-state index contributed by atoms with van der Waals surface area (Å²) in [6.45, 7) is 7.05. The van der Waals surface area contributed by atoms with Crippen LogP contribution in [0.3, 0.4) is 0 Å². The molecule has 0 aliphatic heterocycles. The lowest BCUT2D eigenvalue weighted by Crippen LogP contribution is -2.37. The molecule has 0 fully saturated rings. The first-order valence-electron chi connectivity index (χ1n) is 6.74. The summed E-state index contributed by atoms with van der Waals surface area (Å²) in [4.78, 5) is 2.38. The van der Waals surface area contributed by atoms with Crippen molar-refractivity contribution >= 4 is 21.6 Å². The Balaban J connectivity index is 2.69. The van der Waals surface area contributed by atoms with E-state index in [1.807, 2.05) is 7.05 Å². The molecule has 0 bridgehead atoms. The lowest BCUT2D eigenvalue weighted by atomic mass is 10.2. The van der Waals surface area contributed by atoms with Gasteiger partial charge in [0.15, 0.2) is 0 Å². The molecule has 4 nitrogen and oxygen atoms in total. The number of hydrogen-bond acceptors (Lipinski definition) is 3. The summed E-state index contributed by atoms with van der Waals surface area (Å²) >= 11 is 5.87. The van der Waals surface area contributed by atoms with Gasteiger partial charge in [-0.05, 0) is 45.0 Å². The Labute approximate surface area is 127 Å². The van der Waals surface area contributed by atoms with Crippen molar-refractivity contribution in [3.05, 3.63) is 28.8 Å². The molecule has 0 spiro atoms. The van der Waals surface area contributed by atoms with Crippen molar-refractivity contribution < 1.29 is 8.42 Å². The highest BCUT2D eigenvalue weighted by molar-refractivity contribution is 7.89. The number of hydrogen-bond donors (Lipinski definition) is 1. The number of rotatable bonds is 7. The van der Waals surface area contributed by atoms with Crippen molar-refractivity contribution in [1.29, 1.82) is 0 Å². The van der Waals surface area contributed by atoms with Crippen molar-refractivity contribution in [2.24, 2.45) is 0 Å². The summed E-state index contributed by atoms with van der Waals surface area (Å²) in [5.41, 5.74) is 0.692. The van der Waals surface area contributed by atoms with Crippen LogP contribution >= 0.6 is 11.6 Å². The smallest absolute Gasteiger partial charge is 0.240 e. The zero-order chi connectivity index (χ0) is 15.3. The second-order valence-electron chi connectivity index (χ2n) is 5.05. The molecule has 0 aliphatic carbocycles. The Bertz CT molecular complexity index is 546. The maximum absolute atomic E-state index is 12.2. The van der Waals surface area contributed by atoms with E-state index < -0.39 is 10.0 Å². The summed E-state index contributed by atoms with van der Waals surface area (Å²) < 4.78 is 27.1. The lowest BCUT2D eigenvalue weighted by Gasteiger charge is -2.23. The van der Waals surface area contributed by atoms with Crippen LogP contribution in [0.25, 0.3) is 0 Å². The largest absolute Gasteiger partial charge is 0.302 e. The van der Waals surface area contributed by atoms with E-state index in [0.29, 0.717) is 29.7 Å². The molecule has 1 rings (SSSR count). The summed E-state index contributed by atoms with van der Waals surface area (Å²) in [5, 5.41) is 0.424. The van der Waals surface area contributed by atoms with Crippen LogP contribution in [-0.2, 0) is 10.0 Å². The average molecular weight is 319 g/mol. The van der Waals surface area contributed by atoms with Gasteiger partial charge in [0.05, 0.1) is 4.90 Å². The van der Waals surface area contributed by atoms with Gasteiger partial charge < -0.3 is 4.90 Å². The molecule has 1 unspecified atom stereocenters. The highest BCUT2D eigenvalue weighted by Gasteiger charge is 2.17. The SMILES string of the molecule is CCC(C)N(C)CCNS(=O)(=O)c1cc(Cl)ccc1C. The van der Waals surface area contributed by atoms with Crippen LogP contribution in [0.1, 0.15) is 25.8 Å². The first kappa shape index (κ1) is 17.4. The van der Waals surface area contributed by atoms with Gasteiger partial charge in [-0.3, -0.25) is 0 Å². The van der Waals surface area contributed by atoms with Crippen LogP contribution in [0.2, 0.25) is 5.02 Å². The molecule has 0 amide bonds. The fourth-order valence-electron chi connectivity index (χ4n) is 1.83. The first-order chi connectivity index (χ1) is 9.27. The number of sulfonamides is 1. The number of benzene rings is 1. The van der Waals surface area contributed by atoms with Crippen molar-refractivity contribution in [2.45, 2.75) is 38.1 Å². The molecule has 1 atom stereocenters. The standard InChI is InChI=1S/C14H23ClN2O2S/c1-5-12(3)17(4)9-8-16-20(18,19)14-10-13(15)7-6-11(14)2/h6-7,10,12,16H,5,8-9H2,1-4H3. The molecule has 20 heavy (non-hydrogen) atoms. The zero-order valence-corrected chi connectivity index (χ0v) is 14.1. The molecule has 1 N–H and O–H groups in total. The molecular weight excluding hydrogens is 296 g/mol. The summed E-state index contributed by atoms with van der Waals surface area (Å²) in [6.07, 6.45) is 1.04.